The van der Waals surface area contributed by atoms with E-state index in [2.05, 4.69) is 4.98 Å². The fraction of sp³-hybridized carbons (Fsp3) is 0.476. The predicted molar refractivity (Wildman–Crippen MR) is 105 cm³/mol. The molecule has 0 amide bonds. The van der Waals surface area contributed by atoms with Gasteiger partial charge in [0.25, 0.3) is 0 Å². The molecule has 7 heteroatoms. The Hall–Kier alpha value is -2.83. The molecule has 0 spiro atoms. The Bertz CT molecular complexity index is 918. The largest absolute Gasteiger partial charge is 0.459 e. The summed E-state index contributed by atoms with van der Waals surface area (Å²) in [6, 6.07) is 1.80. The molecule has 0 saturated heterocycles. The third-order valence-corrected chi connectivity index (χ3v) is 4.71. The number of nitrogens with one attached hydrogen (secondary N) is 1. The number of nitrogens with zero attached hydrogens (tertiary/aromatic N) is 1. The van der Waals surface area contributed by atoms with Gasteiger partial charge in [0, 0.05) is 29.2 Å². The zero-order valence-corrected chi connectivity index (χ0v) is 17.6. The zero-order valence-electron chi connectivity index (χ0n) is 17.6. The second-order valence-corrected chi connectivity index (χ2v) is 7.11. The molecule has 152 valence electrons. The van der Waals surface area contributed by atoms with Gasteiger partial charge in [0.05, 0.1) is 11.7 Å². The molecule has 28 heavy (non-hydrogen) atoms. The average Bonchev–Trinajstić information content (AvgIpc) is 3.07. The Morgan fingerprint density at radius 3 is 2.29 bits per heavy atom. The first-order valence-electron chi connectivity index (χ1n) is 9.35. The molecule has 2 heterocycles. The van der Waals surface area contributed by atoms with Gasteiger partial charge >= 0.3 is 11.9 Å². The van der Waals surface area contributed by atoms with E-state index in [1.54, 1.807) is 33.8 Å². The number of esters is 2. The molecule has 0 fully saturated rings. The lowest BCUT2D eigenvalue weighted by atomic mass is 10.1. The van der Waals surface area contributed by atoms with Gasteiger partial charge in [0.1, 0.15) is 5.69 Å². The summed E-state index contributed by atoms with van der Waals surface area (Å²) in [5.74, 6) is -1.44. The Balaban J connectivity index is 2.14. The van der Waals surface area contributed by atoms with Gasteiger partial charge < -0.3 is 19.0 Å². The number of carbonyl (C=O) groups is 3. The molecule has 0 bridgehead atoms. The van der Waals surface area contributed by atoms with Gasteiger partial charge in [0.2, 0.25) is 5.78 Å². The van der Waals surface area contributed by atoms with Gasteiger partial charge in [-0.25, -0.2) is 9.59 Å². The number of hydrogen-bond donors (Lipinski definition) is 1. The minimum absolute atomic E-state index is 0.153. The Morgan fingerprint density at radius 2 is 1.75 bits per heavy atom. The SMILES string of the molecule is CCn1c(C)cc(C(=O)COC(=O)c2[nH]c(C)c(C(=O)OC(C)C)c2C)c1C. The molecule has 0 aliphatic carbocycles. The monoisotopic (exact) mass is 388 g/mol. The van der Waals surface area contributed by atoms with Crippen molar-refractivity contribution < 1.29 is 23.9 Å². The molecular weight excluding hydrogens is 360 g/mol. The first kappa shape index (κ1) is 21.5. The van der Waals surface area contributed by atoms with Crippen LogP contribution in [0.25, 0.3) is 0 Å². The standard InChI is InChI=1S/C21H28N2O5/c1-8-23-12(4)9-16(15(23)7)17(24)10-27-21(26)19-13(5)18(14(6)22-19)20(25)28-11(2)3/h9,11,22H,8,10H2,1-7H3. The molecule has 0 saturated carbocycles. The van der Waals surface area contributed by atoms with Gasteiger partial charge in [-0.15, -0.1) is 0 Å². The van der Waals surface area contributed by atoms with Gasteiger partial charge in [-0.3, -0.25) is 4.79 Å². The Morgan fingerprint density at radius 1 is 1.11 bits per heavy atom. The van der Waals surface area contributed by atoms with Crippen molar-refractivity contribution in [2.24, 2.45) is 0 Å². The van der Waals surface area contributed by atoms with E-state index in [0.29, 0.717) is 22.4 Å². The summed E-state index contributed by atoms with van der Waals surface area (Å²) < 4.78 is 12.5. The number of Topliss-reactive ketones (excluding diaryl/α,β-unsaturated/α-hetero) is 1. The second-order valence-electron chi connectivity index (χ2n) is 7.11. The van der Waals surface area contributed by atoms with Gasteiger partial charge in [-0.05, 0) is 60.1 Å². The van der Waals surface area contributed by atoms with Crippen molar-refractivity contribution in [3.8, 4) is 0 Å². The fourth-order valence-electron chi connectivity index (χ4n) is 3.38. The molecule has 2 rings (SSSR count). The molecule has 2 aromatic rings. The van der Waals surface area contributed by atoms with Crippen LogP contribution in [0.5, 0.6) is 0 Å². The molecular formula is C21H28N2O5. The highest BCUT2D eigenvalue weighted by Gasteiger charge is 2.25. The van der Waals surface area contributed by atoms with Gasteiger partial charge in [-0.1, -0.05) is 0 Å². The minimum atomic E-state index is -0.679. The Kier molecular flexibility index (Phi) is 6.48. The molecule has 0 aliphatic rings. The highest BCUT2D eigenvalue weighted by Crippen LogP contribution is 2.21. The van der Waals surface area contributed by atoms with E-state index in [4.69, 9.17) is 9.47 Å². The number of H-pyrrole nitrogens is 1. The van der Waals surface area contributed by atoms with Crippen molar-refractivity contribution in [1.82, 2.24) is 9.55 Å². The predicted octanol–water partition coefficient (Wildman–Crippen LogP) is 3.67. The van der Waals surface area contributed by atoms with E-state index in [1.165, 1.54) is 0 Å². The average molecular weight is 388 g/mol. The number of ether oxygens (including phenoxy) is 2. The summed E-state index contributed by atoms with van der Waals surface area (Å²) in [6.07, 6.45) is -0.267. The highest BCUT2D eigenvalue weighted by atomic mass is 16.5. The maximum absolute atomic E-state index is 12.5. The lowest BCUT2D eigenvalue weighted by Gasteiger charge is -2.08. The summed E-state index contributed by atoms with van der Waals surface area (Å²) in [6.45, 7) is 13.1. The van der Waals surface area contributed by atoms with Crippen molar-refractivity contribution in [1.29, 1.82) is 0 Å². The van der Waals surface area contributed by atoms with E-state index in [9.17, 15) is 14.4 Å². The number of aryl methyl sites for hydroxylation is 2. The highest BCUT2D eigenvalue weighted by molar-refractivity contribution is 6.02. The summed E-state index contributed by atoms with van der Waals surface area (Å²) in [5, 5.41) is 0. The maximum Gasteiger partial charge on any atom is 0.355 e. The molecule has 0 unspecified atom stereocenters. The van der Waals surface area contributed by atoms with Crippen LogP contribution < -0.4 is 0 Å². The van der Waals surface area contributed by atoms with Crippen molar-refractivity contribution in [2.75, 3.05) is 6.61 Å². The smallest absolute Gasteiger partial charge is 0.355 e. The number of hydrogen-bond acceptors (Lipinski definition) is 5. The number of aromatic amines is 1. The third-order valence-electron chi connectivity index (χ3n) is 4.71. The Labute approximate surface area is 165 Å². The topological polar surface area (TPSA) is 90.4 Å². The summed E-state index contributed by atoms with van der Waals surface area (Å²) >= 11 is 0. The molecule has 0 radical (unpaired) electrons. The minimum Gasteiger partial charge on any atom is -0.459 e. The van der Waals surface area contributed by atoms with Crippen molar-refractivity contribution in [3.05, 3.63) is 45.5 Å². The lowest BCUT2D eigenvalue weighted by molar-refractivity contribution is 0.0376. The van der Waals surface area contributed by atoms with Crippen LogP contribution >= 0.6 is 0 Å². The number of rotatable bonds is 7. The number of aromatic nitrogens is 2. The maximum atomic E-state index is 12.5. The fourth-order valence-corrected chi connectivity index (χ4v) is 3.38. The number of ketones is 1. The summed E-state index contributed by atoms with van der Waals surface area (Å²) in [7, 11) is 0. The zero-order chi connectivity index (χ0) is 21.2. The summed E-state index contributed by atoms with van der Waals surface area (Å²) in [4.78, 5) is 40.1. The molecule has 7 nitrogen and oxygen atoms in total. The van der Waals surface area contributed by atoms with Crippen LogP contribution in [0.4, 0.5) is 0 Å². The van der Waals surface area contributed by atoms with E-state index in [1.807, 2.05) is 25.3 Å². The van der Waals surface area contributed by atoms with E-state index in [0.717, 1.165) is 17.9 Å². The van der Waals surface area contributed by atoms with Crippen molar-refractivity contribution >= 4 is 17.7 Å². The first-order chi connectivity index (χ1) is 13.1. The number of carbonyl (C=O) groups excluding carboxylic acids is 3. The van der Waals surface area contributed by atoms with Crippen LogP contribution in [0, 0.1) is 27.7 Å². The van der Waals surface area contributed by atoms with E-state index in [-0.39, 0.29) is 24.2 Å². The van der Waals surface area contributed by atoms with Crippen molar-refractivity contribution in [2.45, 2.75) is 61.1 Å². The summed E-state index contributed by atoms with van der Waals surface area (Å²) in [5.41, 5.74) is 3.83. The van der Waals surface area contributed by atoms with Crippen LogP contribution in [-0.2, 0) is 16.0 Å². The van der Waals surface area contributed by atoms with Crippen molar-refractivity contribution in [3.63, 3.8) is 0 Å². The molecule has 1 N–H and O–H groups in total. The molecule has 0 atom stereocenters. The molecule has 0 aliphatic heterocycles. The lowest BCUT2D eigenvalue weighted by Crippen LogP contribution is -2.16. The van der Waals surface area contributed by atoms with Crippen LogP contribution in [0.2, 0.25) is 0 Å². The van der Waals surface area contributed by atoms with Crippen LogP contribution in [-0.4, -0.2) is 40.0 Å². The molecule has 0 aromatic carbocycles. The van der Waals surface area contributed by atoms with Gasteiger partial charge in [0.15, 0.2) is 6.61 Å². The third kappa shape index (κ3) is 4.18. The van der Waals surface area contributed by atoms with E-state index >= 15 is 0 Å². The quantitative estimate of drug-likeness (QED) is 0.577. The van der Waals surface area contributed by atoms with Crippen LogP contribution in [0.15, 0.2) is 6.07 Å². The van der Waals surface area contributed by atoms with E-state index < -0.39 is 11.9 Å². The molecule has 2 aromatic heterocycles. The van der Waals surface area contributed by atoms with Crippen LogP contribution in [0.3, 0.4) is 0 Å². The first-order valence-corrected chi connectivity index (χ1v) is 9.35. The van der Waals surface area contributed by atoms with Gasteiger partial charge in [-0.2, -0.15) is 0 Å². The second kappa shape index (κ2) is 8.46. The van der Waals surface area contributed by atoms with Crippen LogP contribution in [0.1, 0.15) is 74.6 Å². The normalized spacial score (nSPS) is 11.0.